The van der Waals surface area contributed by atoms with Crippen molar-refractivity contribution in [3.63, 3.8) is 0 Å². The zero-order valence-corrected chi connectivity index (χ0v) is 10.9. The molecule has 100 valence electrons. The molecular weight excluding hydrogens is 244 g/mol. The Hall–Kier alpha value is -2.37. The minimum Gasteiger partial charge on any atom is -0.444 e. The van der Waals surface area contributed by atoms with Crippen LogP contribution in [0.2, 0.25) is 0 Å². The second kappa shape index (κ2) is 5.51. The quantitative estimate of drug-likeness (QED) is 0.867. The van der Waals surface area contributed by atoms with E-state index in [9.17, 15) is 4.79 Å². The second-order valence-electron chi connectivity index (χ2n) is 4.16. The lowest BCUT2D eigenvalue weighted by atomic mass is 10.2. The third-order valence-electron chi connectivity index (χ3n) is 2.70. The summed E-state index contributed by atoms with van der Waals surface area (Å²) in [6.45, 7) is 3.98. The van der Waals surface area contributed by atoms with E-state index in [-0.39, 0.29) is 12.5 Å². The molecule has 3 N–H and O–H groups in total. The Morgan fingerprint density at radius 2 is 2.21 bits per heavy atom. The number of hydrogen-bond donors (Lipinski definition) is 2. The highest BCUT2D eigenvalue weighted by Gasteiger charge is 2.11. The van der Waals surface area contributed by atoms with Crippen molar-refractivity contribution in [2.75, 3.05) is 5.73 Å². The predicted molar refractivity (Wildman–Crippen MR) is 70.4 cm³/mol. The number of hydrogen-bond acceptors (Lipinski definition) is 5. The van der Waals surface area contributed by atoms with Crippen LogP contribution >= 0.6 is 0 Å². The van der Waals surface area contributed by atoms with Gasteiger partial charge in [0.05, 0.1) is 35.9 Å². The van der Waals surface area contributed by atoms with Gasteiger partial charge < -0.3 is 15.5 Å². The molecule has 6 nitrogen and oxygen atoms in total. The van der Waals surface area contributed by atoms with Crippen molar-refractivity contribution in [1.82, 2.24) is 15.3 Å². The summed E-state index contributed by atoms with van der Waals surface area (Å²) in [6.07, 6.45) is 3.96. The average molecular weight is 260 g/mol. The fourth-order valence-corrected chi connectivity index (χ4v) is 1.62. The molecular formula is C13H16N4O2. The zero-order chi connectivity index (χ0) is 13.8. The van der Waals surface area contributed by atoms with Gasteiger partial charge in [0.2, 0.25) is 5.89 Å². The molecule has 0 aliphatic rings. The highest BCUT2D eigenvalue weighted by atomic mass is 16.4. The number of anilines is 1. The largest absolute Gasteiger partial charge is 0.444 e. The fourth-order valence-electron chi connectivity index (χ4n) is 1.62. The summed E-state index contributed by atoms with van der Waals surface area (Å²) in [5.74, 6) is 1.04. The van der Waals surface area contributed by atoms with E-state index in [0.29, 0.717) is 22.8 Å². The standard InChI is InChI=1S/C13H16N4O2/c1-3-10-6-16-12(19-10)7-17-13(18)11-4-9(14)5-15-8(11)2/h4-6H,3,7,14H2,1-2H3,(H,17,18). The van der Waals surface area contributed by atoms with Crippen molar-refractivity contribution in [2.24, 2.45) is 0 Å². The molecule has 0 unspecified atom stereocenters. The van der Waals surface area contributed by atoms with Crippen LogP contribution in [0, 0.1) is 6.92 Å². The summed E-state index contributed by atoms with van der Waals surface area (Å²) >= 11 is 0. The van der Waals surface area contributed by atoms with Crippen molar-refractivity contribution in [2.45, 2.75) is 26.8 Å². The summed E-state index contributed by atoms with van der Waals surface area (Å²) < 4.78 is 5.41. The van der Waals surface area contributed by atoms with E-state index in [1.807, 2.05) is 6.92 Å². The van der Waals surface area contributed by atoms with E-state index >= 15 is 0 Å². The monoisotopic (exact) mass is 260 g/mol. The van der Waals surface area contributed by atoms with Gasteiger partial charge in [0.25, 0.3) is 5.91 Å². The normalized spacial score (nSPS) is 10.4. The van der Waals surface area contributed by atoms with E-state index in [1.54, 1.807) is 19.2 Å². The zero-order valence-electron chi connectivity index (χ0n) is 10.9. The van der Waals surface area contributed by atoms with Crippen LogP contribution in [0.3, 0.4) is 0 Å². The minimum absolute atomic E-state index is 0.242. The molecule has 1 amide bonds. The average Bonchev–Trinajstić information content (AvgIpc) is 2.87. The van der Waals surface area contributed by atoms with Crippen LogP contribution in [0.5, 0.6) is 0 Å². The number of rotatable bonds is 4. The maximum absolute atomic E-state index is 12.0. The van der Waals surface area contributed by atoms with Gasteiger partial charge in [-0.05, 0) is 13.0 Å². The molecule has 0 bridgehead atoms. The van der Waals surface area contributed by atoms with Gasteiger partial charge >= 0.3 is 0 Å². The van der Waals surface area contributed by atoms with Crippen LogP contribution in [0.1, 0.15) is 34.6 Å². The first kappa shape index (κ1) is 13.1. The van der Waals surface area contributed by atoms with E-state index in [4.69, 9.17) is 10.2 Å². The van der Waals surface area contributed by atoms with Crippen molar-refractivity contribution >= 4 is 11.6 Å². The summed E-state index contributed by atoms with van der Waals surface area (Å²) in [5, 5.41) is 2.73. The Morgan fingerprint density at radius 3 is 2.89 bits per heavy atom. The Bertz CT molecular complexity index is 592. The van der Waals surface area contributed by atoms with Crippen LogP contribution in [0.4, 0.5) is 5.69 Å². The maximum Gasteiger partial charge on any atom is 0.253 e. The highest BCUT2D eigenvalue weighted by molar-refractivity contribution is 5.95. The number of nitrogens with zero attached hydrogens (tertiary/aromatic N) is 2. The molecule has 0 fully saturated rings. The van der Waals surface area contributed by atoms with Crippen LogP contribution < -0.4 is 11.1 Å². The predicted octanol–water partition coefficient (Wildman–Crippen LogP) is 1.45. The molecule has 2 rings (SSSR count). The molecule has 6 heteroatoms. The van der Waals surface area contributed by atoms with E-state index in [0.717, 1.165) is 12.2 Å². The minimum atomic E-state index is -0.242. The van der Waals surface area contributed by atoms with E-state index in [1.165, 1.54) is 6.20 Å². The Kier molecular flexibility index (Phi) is 3.79. The molecule has 0 radical (unpaired) electrons. The lowest BCUT2D eigenvalue weighted by molar-refractivity contribution is 0.0946. The summed E-state index contributed by atoms with van der Waals surface area (Å²) in [6, 6.07) is 1.60. The van der Waals surface area contributed by atoms with Gasteiger partial charge in [0.15, 0.2) is 0 Å². The van der Waals surface area contributed by atoms with Crippen molar-refractivity contribution in [1.29, 1.82) is 0 Å². The molecule has 0 saturated heterocycles. The number of nitrogen functional groups attached to an aromatic ring is 1. The number of amides is 1. The molecule has 0 spiro atoms. The summed E-state index contributed by atoms with van der Waals surface area (Å²) in [7, 11) is 0. The third-order valence-corrected chi connectivity index (χ3v) is 2.70. The third kappa shape index (κ3) is 3.09. The molecule has 0 aromatic carbocycles. The fraction of sp³-hybridized carbons (Fsp3) is 0.308. The topological polar surface area (TPSA) is 94.0 Å². The van der Waals surface area contributed by atoms with Gasteiger partial charge in [0.1, 0.15) is 5.76 Å². The molecule has 0 aliphatic heterocycles. The number of carbonyl (C=O) groups is 1. The van der Waals surface area contributed by atoms with Gasteiger partial charge in [0, 0.05) is 6.42 Å². The highest BCUT2D eigenvalue weighted by Crippen LogP contribution is 2.10. The van der Waals surface area contributed by atoms with Crippen molar-refractivity contribution in [3.8, 4) is 0 Å². The van der Waals surface area contributed by atoms with Crippen molar-refractivity contribution in [3.05, 3.63) is 41.4 Å². The van der Waals surface area contributed by atoms with Gasteiger partial charge in [-0.3, -0.25) is 9.78 Å². The maximum atomic E-state index is 12.0. The summed E-state index contributed by atoms with van der Waals surface area (Å²) in [4.78, 5) is 20.1. The number of nitrogens with two attached hydrogens (primary N) is 1. The van der Waals surface area contributed by atoms with E-state index in [2.05, 4.69) is 15.3 Å². The van der Waals surface area contributed by atoms with Crippen LogP contribution in [-0.2, 0) is 13.0 Å². The first-order chi connectivity index (χ1) is 9.10. The number of aromatic nitrogens is 2. The number of carbonyl (C=O) groups excluding carboxylic acids is 1. The first-order valence-corrected chi connectivity index (χ1v) is 6.04. The molecule has 0 aliphatic carbocycles. The van der Waals surface area contributed by atoms with Gasteiger partial charge in [-0.25, -0.2) is 4.98 Å². The molecule has 2 aromatic rings. The Morgan fingerprint density at radius 1 is 1.42 bits per heavy atom. The number of nitrogens with one attached hydrogen (secondary N) is 1. The van der Waals surface area contributed by atoms with Gasteiger partial charge in [-0.1, -0.05) is 6.92 Å². The van der Waals surface area contributed by atoms with Crippen LogP contribution in [-0.4, -0.2) is 15.9 Å². The second-order valence-corrected chi connectivity index (χ2v) is 4.16. The molecule has 2 heterocycles. The number of aryl methyl sites for hydroxylation is 2. The van der Waals surface area contributed by atoms with Crippen LogP contribution in [0.15, 0.2) is 22.9 Å². The van der Waals surface area contributed by atoms with Crippen molar-refractivity contribution < 1.29 is 9.21 Å². The van der Waals surface area contributed by atoms with Gasteiger partial charge in [-0.15, -0.1) is 0 Å². The molecule has 19 heavy (non-hydrogen) atoms. The molecule has 0 saturated carbocycles. The smallest absolute Gasteiger partial charge is 0.253 e. The lowest BCUT2D eigenvalue weighted by Crippen LogP contribution is -2.24. The Labute approximate surface area is 111 Å². The first-order valence-electron chi connectivity index (χ1n) is 6.04. The number of pyridine rings is 1. The Balaban J connectivity index is 2.03. The van der Waals surface area contributed by atoms with E-state index < -0.39 is 0 Å². The van der Waals surface area contributed by atoms with Gasteiger partial charge in [-0.2, -0.15) is 0 Å². The van der Waals surface area contributed by atoms with Crippen LogP contribution in [0.25, 0.3) is 0 Å². The lowest BCUT2D eigenvalue weighted by Gasteiger charge is -2.06. The summed E-state index contributed by atoms with van der Waals surface area (Å²) in [5.41, 5.74) is 7.17. The number of oxazole rings is 1. The molecule has 0 atom stereocenters. The SMILES string of the molecule is CCc1cnc(CNC(=O)c2cc(N)cnc2C)o1. The molecule has 2 aromatic heterocycles.